The highest BCUT2D eigenvalue weighted by atomic mass is 19.1. The third kappa shape index (κ3) is 3.29. The van der Waals surface area contributed by atoms with Crippen molar-refractivity contribution >= 4 is 0 Å². The fourth-order valence-corrected chi connectivity index (χ4v) is 2.23. The van der Waals surface area contributed by atoms with E-state index in [9.17, 15) is 4.39 Å². The van der Waals surface area contributed by atoms with Gasteiger partial charge in [-0.2, -0.15) is 0 Å². The zero-order valence-corrected chi connectivity index (χ0v) is 9.75. The lowest BCUT2D eigenvalue weighted by Crippen LogP contribution is -2.34. The van der Waals surface area contributed by atoms with E-state index in [1.165, 1.54) is 12.5 Å². The molecule has 1 fully saturated rings. The first-order chi connectivity index (χ1) is 7.74. The van der Waals surface area contributed by atoms with Gasteiger partial charge < -0.3 is 5.32 Å². The summed E-state index contributed by atoms with van der Waals surface area (Å²) in [4.78, 5) is 2.39. The van der Waals surface area contributed by atoms with Gasteiger partial charge in [0, 0.05) is 19.1 Å². The molecule has 0 amide bonds. The lowest BCUT2D eigenvalue weighted by molar-refractivity contribution is 0.264. The molecule has 1 atom stereocenters. The van der Waals surface area contributed by atoms with Crippen molar-refractivity contribution in [2.45, 2.75) is 25.9 Å². The number of nitrogens with one attached hydrogen (secondary N) is 1. The molecule has 0 aromatic heterocycles. The molecule has 1 saturated heterocycles. The second-order valence-electron chi connectivity index (χ2n) is 4.57. The monoisotopic (exact) mass is 222 g/mol. The van der Waals surface area contributed by atoms with E-state index < -0.39 is 0 Å². The Morgan fingerprint density at radius 1 is 1.50 bits per heavy atom. The number of halogens is 1. The van der Waals surface area contributed by atoms with Crippen molar-refractivity contribution in [1.82, 2.24) is 10.2 Å². The Morgan fingerprint density at radius 2 is 2.38 bits per heavy atom. The molecular weight excluding hydrogens is 203 g/mol. The van der Waals surface area contributed by atoms with Gasteiger partial charge in [0.15, 0.2) is 0 Å². The molecule has 88 valence electrons. The maximum absolute atomic E-state index is 13.0. The zero-order valence-electron chi connectivity index (χ0n) is 9.75. The van der Waals surface area contributed by atoms with E-state index in [0.717, 1.165) is 31.7 Å². The first-order valence-corrected chi connectivity index (χ1v) is 5.94. The van der Waals surface area contributed by atoms with Crippen molar-refractivity contribution in [1.29, 1.82) is 0 Å². The topological polar surface area (TPSA) is 15.3 Å². The largest absolute Gasteiger partial charge is 0.313 e. The first-order valence-electron chi connectivity index (χ1n) is 5.94. The van der Waals surface area contributed by atoms with E-state index in [-0.39, 0.29) is 5.82 Å². The average molecular weight is 222 g/mol. The third-order valence-corrected chi connectivity index (χ3v) is 2.97. The maximum Gasteiger partial charge on any atom is 0.123 e. The van der Waals surface area contributed by atoms with Crippen molar-refractivity contribution in [3.63, 3.8) is 0 Å². The van der Waals surface area contributed by atoms with Crippen LogP contribution in [0.25, 0.3) is 0 Å². The third-order valence-electron chi connectivity index (χ3n) is 2.97. The normalized spacial score (nSPS) is 23.0. The molecule has 1 N–H and O–H groups in total. The minimum Gasteiger partial charge on any atom is -0.313 e. The van der Waals surface area contributed by atoms with E-state index in [1.807, 2.05) is 6.07 Å². The van der Waals surface area contributed by atoms with Crippen molar-refractivity contribution in [2.24, 2.45) is 0 Å². The molecule has 0 bridgehead atoms. The van der Waals surface area contributed by atoms with Gasteiger partial charge in [-0.3, -0.25) is 4.90 Å². The number of hydrogen-bond acceptors (Lipinski definition) is 2. The quantitative estimate of drug-likeness (QED) is 0.823. The molecular formula is C13H19FN2. The van der Waals surface area contributed by atoms with E-state index in [4.69, 9.17) is 0 Å². The lowest BCUT2D eigenvalue weighted by atomic mass is 10.2. The van der Waals surface area contributed by atoms with Crippen molar-refractivity contribution in [2.75, 3.05) is 19.6 Å². The highest BCUT2D eigenvalue weighted by Gasteiger charge is 2.13. The summed E-state index contributed by atoms with van der Waals surface area (Å²) in [7, 11) is 0. The Bertz CT molecular complexity index is 340. The number of benzene rings is 1. The molecule has 3 heteroatoms. The molecule has 1 heterocycles. The Balaban J connectivity index is 1.97. The summed E-state index contributed by atoms with van der Waals surface area (Å²) < 4.78 is 13.0. The molecule has 1 unspecified atom stereocenters. The predicted octanol–water partition coefficient (Wildman–Crippen LogP) is 2.01. The molecule has 1 aromatic carbocycles. The molecule has 2 rings (SSSR count). The summed E-state index contributed by atoms with van der Waals surface area (Å²) in [5.74, 6) is -0.140. The Morgan fingerprint density at radius 3 is 3.19 bits per heavy atom. The van der Waals surface area contributed by atoms with Crippen LogP contribution in [0, 0.1) is 5.82 Å². The molecule has 0 spiro atoms. The van der Waals surface area contributed by atoms with Crippen LogP contribution in [0.1, 0.15) is 18.9 Å². The second kappa shape index (κ2) is 5.41. The van der Waals surface area contributed by atoms with Crippen LogP contribution in [0.4, 0.5) is 4.39 Å². The predicted molar refractivity (Wildman–Crippen MR) is 63.8 cm³/mol. The Hall–Kier alpha value is -0.930. The van der Waals surface area contributed by atoms with Gasteiger partial charge in [0.05, 0.1) is 0 Å². The van der Waals surface area contributed by atoms with Gasteiger partial charge in [0.1, 0.15) is 5.82 Å². The highest BCUT2D eigenvalue weighted by molar-refractivity contribution is 5.16. The van der Waals surface area contributed by atoms with E-state index in [2.05, 4.69) is 17.1 Å². The maximum atomic E-state index is 13.0. The zero-order chi connectivity index (χ0) is 11.4. The van der Waals surface area contributed by atoms with Crippen LogP contribution >= 0.6 is 0 Å². The van der Waals surface area contributed by atoms with Crippen LogP contribution in [0.15, 0.2) is 24.3 Å². The SMILES string of the molecule is CC1CN(Cc2cccc(F)c2)CCCN1. The van der Waals surface area contributed by atoms with E-state index >= 15 is 0 Å². The summed E-state index contributed by atoms with van der Waals surface area (Å²) >= 11 is 0. The van der Waals surface area contributed by atoms with Crippen molar-refractivity contribution in [3.8, 4) is 0 Å². The average Bonchev–Trinajstić information content (AvgIpc) is 2.43. The van der Waals surface area contributed by atoms with Gasteiger partial charge in [0.2, 0.25) is 0 Å². The van der Waals surface area contributed by atoms with E-state index in [1.54, 1.807) is 12.1 Å². The van der Waals surface area contributed by atoms with Crippen LogP contribution in [0.2, 0.25) is 0 Å². The van der Waals surface area contributed by atoms with Crippen LogP contribution in [0.3, 0.4) is 0 Å². The lowest BCUT2D eigenvalue weighted by Gasteiger charge is -2.22. The van der Waals surface area contributed by atoms with Gasteiger partial charge in [-0.25, -0.2) is 4.39 Å². The van der Waals surface area contributed by atoms with Crippen LogP contribution in [0.5, 0.6) is 0 Å². The Kier molecular flexibility index (Phi) is 3.91. The van der Waals surface area contributed by atoms with Gasteiger partial charge in [-0.05, 0) is 44.1 Å². The fourth-order valence-electron chi connectivity index (χ4n) is 2.23. The van der Waals surface area contributed by atoms with Gasteiger partial charge in [0.25, 0.3) is 0 Å². The minimum atomic E-state index is -0.140. The molecule has 1 aromatic rings. The summed E-state index contributed by atoms with van der Waals surface area (Å²) in [6.45, 7) is 6.26. The molecule has 0 saturated carbocycles. The molecule has 1 aliphatic rings. The summed E-state index contributed by atoms with van der Waals surface area (Å²) in [5, 5.41) is 3.46. The fraction of sp³-hybridized carbons (Fsp3) is 0.538. The van der Waals surface area contributed by atoms with Crippen molar-refractivity contribution in [3.05, 3.63) is 35.6 Å². The number of rotatable bonds is 2. The van der Waals surface area contributed by atoms with Gasteiger partial charge >= 0.3 is 0 Å². The standard InChI is InChI=1S/C13H19FN2/c1-11-9-16(7-3-6-15-11)10-12-4-2-5-13(14)8-12/h2,4-5,8,11,15H,3,6-7,9-10H2,1H3. The molecule has 1 aliphatic heterocycles. The number of hydrogen-bond donors (Lipinski definition) is 1. The molecule has 16 heavy (non-hydrogen) atoms. The Labute approximate surface area is 96.5 Å². The number of nitrogens with zero attached hydrogens (tertiary/aromatic N) is 1. The van der Waals surface area contributed by atoms with Crippen LogP contribution < -0.4 is 5.32 Å². The van der Waals surface area contributed by atoms with Crippen molar-refractivity contribution < 1.29 is 4.39 Å². The van der Waals surface area contributed by atoms with E-state index in [0.29, 0.717) is 6.04 Å². The van der Waals surface area contributed by atoms with Gasteiger partial charge in [-0.1, -0.05) is 12.1 Å². The molecule has 2 nitrogen and oxygen atoms in total. The highest BCUT2D eigenvalue weighted by Crippen LogP contribution is 2.09. The minimum absolute atomic E-state index is 0.140. The van der Waals surface area contributed by atoms with Gasteiger partial charge in [-0.15, -0.1) is 0 Å². The molecule has 0 radical (unpaired) electrons. The summed E-state index contributed by atoms with van der Waals surface area (Å²) in [6, 6.07) is 7.42. The summed E-state index contributed by atoms with van der Waals surface area (Å²) in [6.07, 6.45) is 1.17. The summed E-state index contributed by atoms with van der Waals surface area (Å²) in [5.41, 5.74) is 1.06. The smallest absolute Gasteiger partial charge is 0.123 e. The first kappa shape index (κ1) is 11.6. The van der Waals surface area contributed by atoms with Crippen LogP contribution in [-0.2, 0) is 6.54 Å². The molecule has 0 aliphatic carbocycles. The second-order valence-corrected chi connectivity index (χ2v) is 4.57. The van der Waals surface area contributed by atoms with Crippen LogP contribution in [-0.4, -0.2) is 30.6 Å².